The van der Waals surface area contributed by atoms with Crippen molar-refractivity contribution in [3.8, 4) is 0 Å². The summed E-state index contributed by atoms with van der Waals surface area (Å²) in [6.45, 7) is -0.267. The fourth-order valence-corrected chi connectivity index (χ4v) is 2.82. The van der Waals surface area contributed by atoms with Crippen molar-refractivity contribution < 1.29 is 23.1 Å². The Bertz CT molecular complexity index is 732. The highest BCUT2D eigenvalue weighted by Crippen LogP contribution is 2.38. The number of carbonyl (C=O) groups excluding carboxylic acids is 1. The summed E-state index contributed by atoms with van der Waals surface area (Å²) in [5.41, 5.74) is -1.64. The number of rotatable bonds is 1. The number of hydrogen-bond acceptors (Lipinski definition) is 3. The van der Waals surface area contributed by atoms with Crippen LogP contribution < -0.4 is 0 Å². The molecule has 1 fully saturated rings. The first-order valence-corrected chi connectivity index (χ1v) is 7.24. The average molecular weight is 324 g/mol. The Morgan fingerprint density at radius 2 is 1.87 bits per heavy atom. The first kappa shape index (κ1) is 15.7. The Balaban J connectivity index is 1.82. The zero-order chi connectivity index (χ0) is 16.7. The average Bonchev–Trinajstić information content (AvgIpc) is 2.53. The molecule has 0 unspecified atom stereocenters. The molecule has 2 heterocycles. The summed E-state index contributed by atoms with van der Waals surface area (Å²) in [5.74, 6) is -0.340. The van der Waals surface area contributed by atoms with E-state index in [2.05, 4.69) is 4.98 Å². The lowest BCUT2D eigenvalue weighted by Crippen LogP contribution is -2.54. The van der Waals surface area contributed by atoms with E-state index in [-0.39, 0.29) is 19.0 Å². The summed E-state index contributed by atoms with van der Waals surface area (Å²) in [7, 11) is 0. The van der Waals surface area contributed by atoms with Crippen LogP contribution in [0.2, 0.25) is 0 Å². The van der Waals surface area contributed by atoms with Gasteiger partial charge in [0.05, 0.1) is 5.52 Å². The van der Waals surface area contributed by atoms with E-state index < -0.39 is 24.6 Å². The van der Waals surface area contributed by atoms with E-state index in [4.69, 9.17) is 0 Å². The first-order chi connectivity index (χ1) is 10.8. The van der Waals surface area contributed by atoms with Crippen LogP contribution >= 0.6 is 0 Å². The van der Waals surface area contributed by atoms with E-state index in [0.29, 0.717) is 16.5 Å². The third-order valence-corrected chi connectivity index (χ3v) is 4.28. The number of aromatic nitrogens is 1. The molecule has 3 rings (SSSR count). The van der Waals surface area contributed by atoms with Gasteiger partial charge in [-0.05, 0) is 18.2 Å². The molecule has 1 aliphatic heterocycles. The molecule has 4 nitrogen and oxygen atoms in total. The predicted octanol–water partition coefficient (Wildman–Crippen LogP) is 2.76. The van der Waals surface area contributed by atoms with Gasteiger partial charge in [-0.2, -0.15) is 13.2 Å². The molecular formula is C16H15F3N2O2. The van der Waals surface area contributed by atoms with Gasteiger partial charge in [0, 0.05) is 43.1 Å². The molecule has 1 saturated heterocycles. The van der Waals surface area contributed by atoms with Crippen LogP contribution in [0.15, 0.2) is 36.5 Å². The predicted molar refractivity (Wildman–Crippen MR) is 77.9 cm³/mol. The van der Waals surface area contributed by atoms with Crippen molar-refractivity contribution in [1.82, 2.24) is 9.88 Å². The number of pyridine rings is 1. The lowest BCUT2D eigenvalue weighted by atomic mass is 9.90. The monoisotopic (exact) mass is 324 g/mol. The molecule has 7 heteroatoms. The van der Waals surface area contributed by atoms with Crippen LogP contribution in [0, 0.1) is 0 Å². The fraction of sp³-hybridized carbons (Fsp3) is 0.375. The summed E-state index contributed by atoms with van der Waals surface area (Å²) < 4.78 is 38.5. The smallest absolute Gasteiger partial charge is 0.380 e. The van der Waals surface area contributed by atoms with Crippen molar-refractivity contribution in [3.63, 3.8) is 0 Å². The summed E-state index contributed by atoms with van der Waals surface area (Å²) in [5, 5.41) is 10.3. The quantitative estimate of drug-likeness (QED) is 0.877. The second-order valence-corrected chi connectivity index (χ2v) is 5.70. The molecule has 0 aliphatic carbocycles. The zero-order valence-electron chi connectivity index (χ0n) is 12.2. The van der Waals surface area contributed by atoms with E-state index >= 15 is 0 Å². The summed E-state index contributed by atoms with van der Waals surface area (Å²) >= 11 is 0. The molecule has 0 bridgehead atoms. The molecule has 1 aromatic carbocycles. The van der Waals surface area contributed by atoms with Crippen LogP contribution in [0.25, 0.3) is 10.9 Å². The highest BCUT2D eigenvalue weighted by molar-refractivity contribution is 6.06. The normalized spacial score (nSPS) is 18.2. The summed E-state index contributed by atoms with van der Waals surface area (Å²) in [6.07, 6.45) is -4.08. The number of piperidine rings is 1. The minimum Gasteiger partial charge on any atom is -0.380 e. The maximum Gasteiger partial charge on any atom is 0.417 e. The van der Waals surface area contributed by atoms with Gasteiger partial charge < -0.3 is 10.0 Å². The number of hydrogen-bond donors (Lipinski definition) is 1. The molecule has 2 aromatic rings. The molecule has 0 saturated carbocycles. The molecule has 0 radical (unpaired) electrons. The Labute approximate surface area is 130 Å². The minimum absolute atomic E-state index is 0.133. The second-order valence-electron chi connectivity index (χ2n) is 5.70. The lowest BCUT2D eigenvalue weighted by molar-refractivity contribution is -0.271. The van der Waals surface area contributed by atoms with Crippen molar-refractivity contribution >= 4 is 16.8 Å². The van der Waals surface area contributed by atoms with Crippen molar-refractivity contribution in [1.29, 1.82) is 0 Å². The molecule has 0 atom stereocenters. The highest BCUT2D eigenvalue weighted by atomic mass is 19.4. The summed E-state index contributed by atoms with van der Waals surface area (Å²) in [4.78, 5) is 18.1. The third kappa shape index (κ3) is 2.76. The number of fused-ring (bicyclic) bond motifs is 1. The topological polar surface area (TPSA) is 53.4 Å². The van der Waals surface area contributed by atoms with Gasteiger partial charge in [0.1, 0.15) is 0 Å². The number of alkyl halides is 3. The van der Waals surface area contributed by atoms with E-state index in [1.54, 1.807) is 36.5 Å². The maximum absolute atomic E-state index is 12.8. The maximum atomic E-state index is 12.8. The largest absolute Gasteiger partial charge is 0.417 e. The van der Waals surface area contributed by atoms with E-state index in [1.807, 2.05) is 0 Å². The number of amides is 1. The molecular weight excluding hydrogens is 309 g/mol. The Kier molecular flexibility index (Phi) is 3.75. The van der Waals surface area contributed by atoms with Gasteiger partial charge in [-0.25, -0.2) is 0 Å². The van der Waals surface area contributed by atoms with Crippen LogP contribution in [-0.4, -0.2) is 45.8 Å². The van der Waals surface area contributed by atoms with Crippen LogP contribution in [0.3, 0.4) is 0 Å². The molecule has 1 aromatic heterocycles. The standard InChI is InChI=1S/C16H15F3N2O2/c17-16(18,19)15(23)6-9-21(10-7-15)14(22)12-3-1-5-13-11(12)4-2-8-20-13/h1-5,8,23H,6-7,9-10H2. The molecule has 0 spiro atoms. The zero-order valence-corrected chi connectivity index (χ0v) is 12.2. The van der Waals surface area contributed by atoms with E-state index in [9.17, 15) is 23.1 Å². The van der Waals surface area contributed by atoms with Crippen LogP contribution in [-0.2, 0) is 0 Å². The van der Waals surface area contributed by atoms with Gasteiger partial charge >= 0.3 is 6.18 Å². The van der Waals surface area contributed by atoms with Crippen LogP contribution in [0.5, 0.6) is 0 Å². The number of nitrogens with zero attached hydrogens (tertiary/aromatic N) is 2. The SMILES string of the molecule is O=C(c1cccc2ncccc12)N1CCC(O)(C(F)(F)F)CC1. The Morgan fingerprint density at radius 3 is 2.52 bits per heavy atom. The Morgan fingerprint density at radius 1 is 1.17 bits per heavy atom. The summed E-state index contributed by atoms with van der Waals surface area (Å²) in [6, 6.07) is 8.56. The second kappa shape index (κ2) is 5.49. The van der Waals surface area contributed by atoms with Gasteiger partial charge in [0.2, 0.25) is 0 Å². The number of aliphatic hydroxyl groups is 1. The molecule has 1 aliphatic rings. The number of carbonyl (C=O) groups is 1. The van der Waals surface area contributed by atoms with E-state index in [0.717, 1.165) is 0 Å². The van der Waals surface area contributed by atoms with Crippen molar-refractivity contribution in [3.05, 3.63) is 42.1 Å². The van der Waals surface area contributed by atoms with Crippen molar-refractivity contribution in [2.45, 2.75) is 24.6 Å². The van der Waals surface area contributed by atoms with Crippen LogP contribution in [0.1, 0.15) is 23.2 Å². The number of benzene rings is 1. The molecule has 23 heavy (non-hydrogen) atoms. The fourth-order valence-electron chi connectivity index (χ4n) is 2.82. The number of likely N-dealkylation sites (tertiary alicyclic amines) is 1. The van der Waals surface area contributed by atoms with Gasteiger partial charge in [-0.1, -0.05) is 12.1 Å². The van der Waals surface area contributed by atoms with Crippen molar-refractivity contribution in [2.24, 2.45) is 0 Å². The van der Waals surface area contributed by atoms with Gasteiger partial charge in [-0.15, -0.1) is 0 Å². The minimum atomic E-state index is -4.68. The third-order valence-electron chi connectivity index (χ3n) is 4.28. The van der Waals surface area contributed by atoms with Gasteiger partial charge in [0.15, 0.2) is 5.60 Å². The molecule has 1 N–H and O–H groups in total. The highest BCUT2D eigenvalue weighted by Gasteiger charge is 2.54. The molecule has 122 valence electrons. The van der Waals surface area contributed by atoms with Crippen LogP contribution in [0.4, 0.5) is 13.2 Å². The van der Waals surface area contributed by atoms with E-state index in [1.165, 1.54) is 4.90 Å². The van der Waals surface area contributed by atoms with Crippen molar-refractivity contribution in [2.75, 3.05) is 13.1 Å². The number of halogens is 3. The van der Waals surface area contributed by atoms with Gasteiger partial charge in [-0.3, -0.25) is 9.78 Å². The molecule has 1 amide bonds. The Hall–Kier alpha value is -2.15. The first-order valence-electron chi connectivity index (χ1n) is 7.24. The lowest BCUT2D eigenvalue weighted by Gasteiger charge is -2.39. The van der Waals surface area contributed by atoms with Gasteiger partial charge in [0.25, 0.3) is 5.91 Å².